The number of anilines is 1. The number of rotatable bonds is 6. The van der Waals surface area contributed by atoms with Gasteiger partial charge < -0.3 is 4.57 Å². The number of carbonyl (C=O) groups is 2. The van der Waals surface area contributed by atoms with E-state index in [4.69, 9.17) is 0 Å². The zero-order chi connectivity index (χ0) is 44.7. The van der Waals surface area contributed by atoms with Crippen molar-refractivity contribution in [3.8, 4) is 50.2 Å². The van der Waals surface area contributed by atoms with Gasteiger partial charge in [-0.1, -0.05) is 139 Å². The highest BCUT2D eigenvalue weighted by atomic mass is 19.4. The van der Waals surface area contributed by atoms with Gasteiger partial charge in [0, 0.05) is 27.5 Å². The Kier molecular flexibility index (Phi) is 9.44. The molecule has 1 aliphatic heterocycles. The second kappa shape index (κ2) is 15.0. The Morgan fingerprint density at radius 1 is 0.422 bits per heavy atom. The molecule has 0 bridgehead atoms. The summed E-state index contributed by atoms with van der Waals surface area (Å²) in [6.45, 7) is 3.91. The van der Waals surface area contributed by atoms with Crippen LogP contribution in [0, 0.1) is 13.8 Å². The van der Waals surface area contributed by atoms with Crippen LogP contribution in [0.2, 0.25) is 0 Å². The van der Waals surface area contributed by atoms with Gasteiger partial charge in [-0.3, -0.25) is 9.59 Å². The van der Waals surface area contributed by atoms with Gasteiger partial charge in [0.05, 0.1) is 44.7 Å². The average Bonchev–Trinajstić information content (AvgIpc) is 3.76. The van der Waals surface area contributed by atoms with Crippen LogP contribution in [0.4, 0.5) is 32.0 Å². The largest absolute Gasteiger partial charge is 0.417 e. The Bertz CT molecular complexity index is 3370. The van der Waals surface area contributed by atoms with Crippen molar-refractivity contribution in [2.24, 2.45) is 0 Å². The van der Waals surface area contributed by atoms with Crippen molar-refractivity contribution in [3.05, 3.63) is 203 Å². The van der Waals surface area contributed by atoms with Crippen LogP contribution in [0.25, 0.3) is 72.0 Å². The van der Waals surface area contributed by atoms with E-state index >= 15 is 4.79 Å². The first-order valence-electron chi connectivity index (χ1n) is 20.4. The molecule has 0 atom stereocenters. The number of fused-ring (bicyclic) bond motifs is 4. The highest BCUT2D eigenvalue weighted by Gasteiger charge is 2.42. The molecule has 0 unspecified atom stereocenters. The third-order valence-electron chi connectivity index (χ3n) is 12.0. The Balaban J connectivity index is 1.27. The molecule has 0 radical (unpaired) electrons. The lowest BCUT2D eigenvalue weighted by molar-refractivity contribution is -0.142. The van der Waals surface area contributed by atoms with Crippen molar-refractivity contribution < 1.29 is 35.9 Å². The summed E-state index contributed by atoms with van der Waals surface area (Å²) in [7, 11) is 0. The zero-order valence-electron chi connectivity index (χ0n) is 34.1. The van der Waals surface area contributed by atoms with Crippen LogP contribution in [0.3, 0.4) is 0 Å². The van der Waals surface area contributed by atoms with E-state index in [1.807, 2.05) is 123 Å². The molecule has 64 heavy (non-hydrogen) atoms. The molecule has 9 aromatic rings. The predicted octanol–water partition coefficient (Wildman–Crippen LogP) is 14.9. The molecule has 4 nitrogen and oxygen atoms in total. The maximum Gasteiger partial charge on any atom is 0.417 e. The van der Waals surface area contributed by atoms with Gasteiger partial charge in [-0.05, 0) is 83.6 Å². The molecule has 2 heterocycles. The fraction of sp³-hybridized carbons (Fsp3) is 0.0741. The van der Waals surface area contributed by atoms with E-state index < -0.39 is 40.9 Å². The molecular weight excluding hydrogens is 823 g/mol. The number of halogens is 6. The van der Waals surface area contributed by atoms with Crippen molar-refractivity contribution in [1.82, 2.24) is 4.57 Å². The number of nitrogens with zero attached hydrogens (tertiary/aromatic N) is 2. The molecule has 0 saturated carbocycles. The minimum Gasteiger partial charge on any atom is -0.307 e. The van der Waals surface area contributed by atoms with Gasteiger partial charge in [0.25, 0.3) is 11.8 Å². The third kappa shape index (κ3) is 6.56. The van der Waals surface area contributed by atoms with E-state index in [-0.39, 0.29) is 34.0 Å². The predicted molar refractivity (Wildman–Crippen MR) is 240 cm³/mol. The smallest absolute Gasteiger partial charge is 0.307 e. The van der Waals surface area contributed by atoms with E-state index in [1.165, 1.54) is 6.07 Å². The molecule has 0 saturated heterocycles. The summed E-state index contributed by atoms with van der Waals surface area (Å²) in [6, 6.07) is 47.2. The van der Waals surface area contributed by atoms with Crippen molar-refractivity contribution in [1.29, 1.82) is 0 Å². The van der Waals surface area contributed by atoms with Gasteiger partial charge >= 0.3 is 12.4 Å². The number of amides is 2. The van der Waals surface area contributed by atoms with Gasteiger partial charge in [-0.15, -0.1) is 0 Å². The first kappa shape index (κ1) is 40.4. The number of imide groups is 1. The van der Waals surface area contributed by atoms with Crippen molar-refractivity contribution in [2.75, 3.05) is 4.90 Å². The van der Waals surface area contributed by atoms with Crippen LogP contribution in [0.5, 0.6) is 0 Å². The second-order valence-corrected chi connectivity index (χ2v) is 15.9. The van der Waals surface area contributed by atoms with E-state index in [2.05, 4.69) is 0 Å². The molecule has 2 amide bonds. The Morgan fingerprint density at radius 2 is 1.02 bits per heavy atom. The molecule has 1 aromatic heterocycles. The number of aryl methyl sites for hydroxylation is 2. The highest BCUT2D eigenvalue weighted by molar-refractivity contribution is 6.36. The summed E-state index contributed by atoms with van der Waals surface area (Å²) in [5, 5.41) is 1.10. The summed E-state index contributed by atoms with van der Waals surface area (Å²) >= 11 is 0. The Hall–Kier alpha value is -7.72. The molecule has 0 fully saturated rings. The molecule has 0 spiro atoms. The van der Waals surface area contributed by atoms with E-state index in [0.29, 0.717) is 39.2 Å². The van der Waals surface area contributed by atoms with Crippen LogP contribution in [0.1, 0.15) is 43.0 Å². The lowest BCUT2D eigenvalue weighted by Crippen LogP contribution is -2.30. The average molecular weight is 857 g/mol. The van der Waals surface area contributed by atoms with Crippen LogP contribution >= 0.6 is 0 Å². The fourth-order valence-electron chi connectivity index (χ4n) is 9.16. The van der Waals surface area contributed by atoms with Crippen molar-refractivity contribution in [2.45, 2.75) is 26.2 Å². The van der Waals surface area contributed by atoms with Gasteiger partial charge in [-0.2, -0.15) is 26.3 Å². The second-order valence-electron chi connectivity index (χ2n) is 15.9. The maximum atomic E-state index is 15.3. The normalized spacial score (nSPS) is 13.0. The number of hydrogen-bond acceptors (Lipinski definition) is 2. The van der Waals surface area contributed by atoms with Crippen LogP contribution in [-0.2, 0) is 12.4 Å². The van der Waals surface area contributed by atoms with Gasteiger partial charge in [-0.25, -0.2) is 4.90 Å². The quantitative estimate of drug-likeness (QED) is 0.123. The van der Waals surface area contributed by atoms with Crippen LogP contribution in [-0.4, -0.2) is 16.4 Å². The summed E-state index contributed by atoms with van der Waals surface area (Å²) in [4.78, 5) is 31.2. The first-order valence-corrected chi connectivity index (χ1v) is 20.4. The number of para-hydroxylation sites is 2. The summed E-state index contributed by atoms with van der Waals surface area (Å²) in [5.41, 5.74) is 4.58. The minimum absolute atomic E-state index is 0.0181. The Labute approximate surface area is 363 Å². The Morgan fingerprint density at radius 3 is 1.64 bits per heavy atom. The van der Waals surface area contributed by atoms with E-state index in [0.717, 1.165) is 44.3 Å². The molecular formula is C54H34F6N2O2. The standard InChI is InChI=1S/C54H34F6N2O2/c1-31-22-25-37(32(2)28-31)39-16-9-18-41-42-19-10-17-40(38-26-24-36(53(55,56)57)30-45(38)54(58,59)60)50(42)61(49(39)41)47-21-11-20-43-48(47)52(64)62(51(43)63)46-27-23-35(33-12-5-3-6-13-33)29-44(46)34-14-7-4-8-15-34/h3-30H,1-2H3. The zero-order valence-corrected chi connectivity index (χ0v) is 34.1. The van der Waals surface area contributed by atoms with Crippen LogP contribution in [0.15, 0.2) is 170 Å². The number of aromatic nitrogens is 1. The van der Waals surface area contributed by atoms with Gasteiger partial charge in [0.15, 0.2) is 0 Å². The molecule has 10 rings (SSSR count). The first-order chi connectivity index (χ1) is 30.7. The number of hydrogen-bond donors (Lipinski definition) is 0. The number of benzene rings is 8. The minimum atomic E-state index is -5.18. The summed E-state index contributed by atoms with van der Waals surface area (Å²) in [5.74, 6) is -1.24. The number of carbonyl (C=O) groups excluding carboxylic acids is 2. The fourth-order valence-corrected chi connectivity index (χ4v) is 9.16. The molecule has 314 valence electrons. The molecule has 0 N–H and O–H groups in total. The van der Waals surface area contributed by atoms with Gasteiger partial charge in [0.2, 0.25) is 0 Å². The molecule has 10 heteroatoms. The third-order valence-corrected chi connectivity index (χ3v) is 12.0. The lowest BCUT2D eigenvalue weighted by Gasteiger charge is -2.21. The SMILES string of the molecule is Cc1ccc(-c2cccc3c4cccc(-c5ccc(C(F)(F)F)cc5C(F)(F)F)c4n(-c4cccc5c4C(=O)N(c4ccc(-c6ccccc6)cc4-c4ccccc4)C5=O)c23)c(C)c1. The lowest BCUT2D eigenvalue weighted by atomic mass is 9.94. The van der Waals surface area contributed by atoms with E-state index in [1.54, 1.807) is 41.0 Å². The highest BCUT2D eigenvalue weighted by Crippen LogP contribution is 2.48. The molecule has 8 aromatic carbocycles. The molecule has 1 aliphatic rings. The number of alkyl halides is 6. The topological polar surface area (TPSA) is 42.3 Å². The van der Waals surface area contributed by atoms with Crippen LogP contribution < -0.4 is 4.90 Å². The maximum absolute atomic E-state index is 15.3. The van der Waals surface area contributed by atoms with Crippen molar-refractivity contribution in [3.63, 3.8) is 0 Å². The van der Waals surface area contributed by atoms with Gasteiger partial charge in [0.1, 0.15) is 0 Å². The monoisotopic (exact) mass is 856 g/mol. The van der Waals surface area contributed by atoms with E-state index in [9.17, 15) is 31.1 Å². The van der Waals surface area contributed by atoms with Crippen molar-refractivity contribution >= 4 is 39.3 Å². The summed E-state index contributed by atoms with van der Waals surface area (Å²) in [6.07, 6.45) is -10.2. The summed E-state index contributed by atoms with van der Waals surface area (Å²) < 4.78 is 88.6. The molecule has 0 aliphatic carbocycles.